The summed E-state index contributed by atoms with van der Waals surface area (Å²) in [5, 5.41) is 9.15. The summed E-state index contributed by atoms with van der Waals surface area (Å²) in [5.74, 6) is 1.09. The third-order valence-corrected chi connectivity index (χ3v) is 2.27. The van der Waals surface area contributed by atoms with Crippen LogP contribution >= 0.6 is 12.2 Å². The zero-order chi connectivity index (χ0) is 12.7. The molecule has 0 atom stereocenters. The van der Waals surface area contributed by atoms with Crippen molar-refractivity contribution >= 4 is 17.3 Å². The molecular formula is C13H13NO2S. The fourth-order valence-electron chi connectivity index (χ4n) is 1.20. The zero-order valence-electron chi connectivity index (χ0n) is 9.77. The van der Waals surface area contributed by atoms with Gasteiger partial charge >= 0.3 is 0 Å². The highest BCUT2D eigenvalue weighted by molar-refractivity contribution is 7.80. The minimum atomic E-state index is 0.129. The summed E-state index contributed by atoms with van der Waals surface area (Å²) in [5.41, 5.74) is 0.255. The van der Waals surface area contributed by atoms with Crippen LogP contribution in [0.3, 0.4) is 0 Å². The highest BCUT2D eigenvalue weighted by Crippen LogP contribution is 2.14. The molecule has 0 fully saturated rings. The predicted octanol–water partition coefficient (Wildman–Crippen LogP) is 3.23. The Morgan fingerprint density at radius 3 is 2.53 bits per heavy atom. The number of ether oxygens (including phenoxy) is 2. The van der Waals surface area contributed by atoms with Crippen LogP contribution in [-0.2, 0) is 4.74 Å². The Morgan fingerprint density at radius 2 is 2.00 bits per heavy atom. The summed E-state index contributed by atoms with van der Waals surface area (Å²) in [7, 11) is 0. The van der Waals surface area contributed by atoms with Crippen LogP contribution in [0.4, 0.5) is 0 Å². The molecule has 0 unspecified atom stereocenters. The average Bonchev–Trinajstić information content (AvgIpc) is 2.31. The standard InChI is InChI=1S/C13H13NO2S/c1-3-15-10(2)12(9-14)13(17)16-11-7-5-4-6-8-11/h4-8H,3H2,1-2H3. The van der Waals surface area contributed by atoms with Crippen molar-refractivity contribution in [3.8, 4) is 11.8 Å². The number of allylic oxidation sites excluding steroid dienone is 1. The molecule has 0 aliphatic rings. The lowest BCUT2D eigenvalue weighted by Gasteiger charge is -2.09. The Balaban J connectivity index is 2.83. The summed E-state index contributed by atoms with van der Waals surface area (Å²) in [4.78, 5) is 0. The van der Waals surface area contributed by atoms with Crippen LogP contribution in [0, 0.1) is 11.3 Å². The van der Waals surface area contributed by atoms with E-state index >= 15 is 0 Å². The van der Waals surface area contributed by atoms with Crippen molar-refractivity contribution in [1.82, 2.24) is 0 Å². The normalized spacial score (nSPS) is 11.1. The van der Waals surface area contributed by atoms with Gasteiger partial charge in [0.25, 0.3) is 0 Å². The first kappa shape index (κ1) is 13.2. The summed E-state index contributed by atoms with van der Waals surface area (Å²) < 4.78 is 10.6. The maximum absolute atomic E-state index is 9.02. The van der Waals surface area contributed by atoms with Crippen LogP contribution in [0.2, 0.25) is 0 Å². The minimum absolute atomic E-state index is 0.129. The lowest BCUT2D eigenvalue weighted by Crippen LogP contribution is -2.10. The maximum atomic E-state index is 9.02. The van der Waals surface area contributed by atoms with Gasteiger partial charge in [-0.1, -0.05) is 18.2 Å². The lowest BCUT2D eigenvalue weighted by molar-refractivity contribution is 0.230. The van der Waals surface area contributed by atoms with Gasteiger partial charge in [-0.3, -0.25) is 0 Å². The highest BCUT2D eigenvalue weighted by atomic mass is 32.1. The Labute approximate surface area is 106 Å². The number of nitriles is 1. The van der Waals surface area contributed by atoms with Gasteiger partial charge in [0.2, 0.25) is 5.05 Å². The molecule has 0 saturated heterocycles. The molecule has 0 aromatic heterocycles. The average molecular weight is 247 g/mol. The lowest BCUT2D eigenvalue weighted by atomic mass is 10.2. The summed E-state index contributed by atoms with van der Waals surface area (Å²) in [6.45, 7) is 4.03. The van der Waals surface area contributed by atoms with Crippen LogP contribution in [0.25, 0.3) is 0 Å². The van der Waals surface area contributed by atoms with E-state index in [1.807, 2.05) is 31.2 Å². The molecule has 0 heterocycles. The molecule has 3 nitrogen and oxygen atoms in total. The van der Waals surface area contributed by atoms with E-state index in [0.717, 1.165) is 0 Å². The molecule has 4 heteroatoms. The van der Waals surface area contributed by atoms with Crippen molar-refractivity contribution in [2.24, 2.45) is 0 Å². The Hall–Kier alpha value is -1.86. The van der Waals surface area contributed by atoms with Crippen molar-refractivity contribution in [1.29, 1.82) is 5.26 Å². The molecule has 0 radical (unpaired) electrons. The molecule has 88 valence electrons. The van der Waals surface area contributed by atoms with Crippen molar-refractivity contribution < 1.29 is 9.47 Å². The third kappa shape index (κ3) is 3.89. The van der Waals surface area contributed by atoms with Crippen LogP contribution in [-0.4, -0.2) is 11.7 Å². The summed E-state index contributed by atoms with van der Waals surface area (Å²) >= 11 is 5.06. The predicted molar refractivity (Wildman–Crippen MR) is 69.6 cm³/mol. The number of benzene rings is 1. The van der Waals surface area contributed by atoms with E-state index in [9.17, 15) is 0 Å². The first-order valence-corrected chi connectivity index (χ1v) is 5.60. The molecule has 1 aromatic rings. The van der Waals surface area contributed by atoms with Crippen LogP contribution in [0.15, 0.2) is 41.7 Å². The molecule has 0 bridgehead atoms. The van der Waals surface area contributed by atoms with E-state index in [-0.39, 0.29) is 10.6 Å². The Bertz CT molecular complexity index is 460. The molecule has 0 aliphatic heterocycles. The Morgan fingerprint density at radius 1 is 1.35 bits per heavy atom. The smallest absolute Gasteiger partial charge is 0.212 e. The van der Waals surface area contributed by atoms with Gasteiger partial charge in [0, 0.05) is 0 Å². The molecule has 0 aliphatic carbocycles. The van der Waals surface area contributed by atoms with E-state index in [1.165, 1.54) is 0 Å². The van der Waals surface area contributed by atoms with Gasteiger partial charge in [-0.15, -0.1) is 0 Å². The molecule has 0 spiro atoms. The monoisotopic (exact) mass is 247 g/mol. The second-order valence-electron chi connectivity index (χ2n) is 3.18. The van der Waals surface area contributed by atoms with Gasteiger partial charge < -0.3 is 9.47 Å². The first-order chi connectivity index (χ1) is 8.19. The first-order valence-electron chi connectivity index (χ1n) is 5.20. The molecule has 0 saturated carbocycles. The topological polar surface area (TPSA) is 42.2 Å². The van der Waals surface area contributed by atoms with Crippen LogP contribution < -0.4 is 4.74 Å². The molecule has 0 amide bonds. The summed E-state index contributed by atoms with van der Waals surface area (Å²) in [6.07, 6.45) is 0. The van der Waals surface area contributed by atoms with Crippen LogP contribution in [0.5, 0.6) is 5.75 Å². The second kappa shape index (κ2) is 6.66. The number of hydrogen-bond donors (Lipinski definition) is 0. The van der Waals surface area contributed by atoms with Crippen molar-refractivity contribution in [2.45, 2.75) is 13.8 Å². The number of thiocarbonyl (C=S) groups is 1. The van der Waals surface area contributed by atoms with Crippen molar-refractivity contribution in [3.63, 3.8) is 0 Å². The highest BCUT2D eigenvalue weighted by Gasteiger charge is 2.11. The van der Waals surface area contributed by atoms with Gasteiger partial charge in [-0.05, 0) is 38.2 Å². The second-order valence-corrected chi connectivity index (χ2v) is 3.55. The number of rotatable bonds is 4. The van der Waals surface area contributed by atoms with Gasteiger partial charge in [-0.2, -0.15) is 5.26 Å². The number of para-hydroxylation sites is 1. The van der Waals surface area contributed by atoms with Gasteiger partial charge in [-0.25, -0.2) is 0 Å². The van der Waals surface area contributed by atoms with E-state index in [1.54, 1.807) is 19.1 Å². The van der Waals surface area contributed by atoms with E-state index in [0.29, 0.717) is 18.1 Å². The van der Waals surface area contributed by atoms with Crippen molar-refractivity contribution in [3.05, 3.63) is 41.7 Å². The van der Waals surface area contributed by atoms with Crippen LogP contribution in [0.1, 0.15) is 13.8 Å². The van der Waals surface area contributed by atoms with E-state index in [4.69, 9.17) is 27.0 Å². The van der Waals surface area contributed by atoms with E-state index < -0.39 is 0 Å². The fourth-order valence-corrected chi connectivity index (χ4v) is 1.49. The van der Waals surface area contributed by atoms with E-state index in [2.05, 4.69) is 0 Å². The van der Waals surface area contributed by atoms with Gasteiger partial charge in [0.05, 0.1) is 6.61 Å². The van der Waals surface area contributed by atoms with Gasteiger partial charge in [0.1, 0.15) is 23.2 Å². The SMILES string of the molecule is CCOC(C)=C(C#N)C(=S)Oc1ccccc1. The fraction of sp³-hybridized carbons (Fsp3) is 0.231. The zero-order valence-corrected chi connectivity index (χ0v) is 10.6. The van der Waals surface area contributed by atoms with Gasteiger partial charge in [0.15, 0.2) is 0 Å². The number of hydrogen-bond acceptors (Lipinski definition) is 4. The maximum Gasteiger partial charge on any atom is 0.212 e. The third-order valence-electron chi connectivity index (χ3n) is 1.98. The number of nitrogens with zero attached hydrogens (tertiary/aromatic N) is 1. The minimum Gasteiger partial charge on any atom is -0.497 e. The largest absolute Gasteiger partial charge is 0.497 e. The Kier molecular flexibility index (Phi) is 5.18. The molecule has 0 N–H and O–H groups in total. The quantitative estimate of drug-likeness (QED) is 0.354. The summed E-state index contributed by atoms with van der Waals surface area (Å²) in [6, 6.07) is 11.1. The molecule has 1 rings (SSSR count). The molecular weight excluding hydrogens is 234 g/mol. The molecule has 17 heavy (non-hydrogen) atoms. The molecule has 1 aromatic carbocycles. The van der Waals surface area contributed by atoms with Crippen molar-refractivity contribution in [2.75, 3.05) is 6.61 Å².